The van der Waals surface area contributed by atoms with E-state index >= 15 is 0 Å². The molecule has 620 valence electrons. The molecule has 0 atom stereocenters. The normalized spacial score (nSPS) is 14.6. The third-order valence-electron chi connectivity index (χ3n) is 28.9. The Bertz CT molecular complexity index is 7360. The highest BCUT2D eigenvalue weighted by atomic mass is 15.0. The Morgan fingerprint density at radius 1 is 0.156 bits per heavy atom. The maximum absolute atomic E-state index is 5.36. The number of aromatic nitrogens is 8. The minimum Gasteiger partial charge on any atom is -0.244 e. The first kappa shape index (κ1) is 81.5. The molecule has 0 radical (unpaired) electrons. The lowest BCUT2D eigenvalue weighted by molar-refractivity contribution is 0.299. The summed E-state index contributed by atoms with van der Waals surface area (Å²) in [5, 5.41) is 2.31. The summed E-state index contributed by atoms with van der Waals surface area (Å²) < 4.78 is 0. The molecule has 3 aliphatic rings. The van der Waals surface area contributed by atoms with Gasteiger partial charge in [0.25, 0.3) is 0 Å². The van der Waals surface area contributed by atoms with Crippen LogP contribution in [-0.2, 0) is 32.5 Å². The largest absolute Gasteiger partial charge is 0.244 e. The molecule has 3 heterocycles. The van der Waals surface area contributed by atoms with E-state index in [0.717, 1.165) is 89.0 Å². The second-order valence-corrected chi connectivity index (χ2v) is 37.4. The zero-order chi connectivity index (χ0) is 87.9. The van der Waals surface area contributed by atoms with Gasteiger partial charge in [0.1, 0.15) is 0 Å². The molecule has 0 saturated carbocycles. The van der Waals surface area contributed by atoms with Crippen LogP contribution in [0.15, 0.2) is 388 Å². The molecule has 0 unspecified atom stereocenters. The van der Waals surface area contributed by atoms with Crippen LogP contribution in [0.2, 0.25) is 0 Å². The highest BCUT2D eigenvalue weighted by Crippen LogP contribution is 2.58. The standard InChI is InChI=1S/C45H37N3.C39H33N3.C36H30N2/c1-44(2)39-25-14-13-24-37(39)38-27-26-33(29-40(38)45(44,3)4)36-23-12-11-22-35(36)32-20-15-21-34(28-32)43-47-41(30-16-7-5-8-17-30)46-42(48-43)31-18-9-6-10-19-31;1-38(2)33-22-14-13-20-30(33)31-24-23-28(25-34(31)39(38,3)4)29-19-11-12-21-32(29)37-41-35(26-15-7-5-8-16-26)40-36(42-37)27-17-9-6-10-18-27;1-35(2)29-17-11-10-16-27(29)28-20-18-25(22-30(28)36(35,3)4)33-32(24-13-6-5-7-14-24)37-31-21-19-23-12-8-9-15-26(23)34(31)38-33/h5-29H,1-4H3;5-25H,1-4H3;5-22H,1-4H3. The van der Waals surface area contributed by atoms with Crippen molar-refractivity contribution in [2.24, 2.45) is 0 Å². The molecule has 0 spiro atoms. The summed E-state index contributed by atoms with van der Waals surface area (Å²) in [6.07, 6.45) is 0. The molecule has 8 nitrogen and oxygen atoms in total. The summed E-state index contributed by atoms with van der Waals surface area (Å²) in [4.78, 5) is 40.4. The quantitative estimate of drug-likeness (QED) is 0.118. The van der Waals surface area contributed by atoms with Crippen LogP contribution in [0.4, 0.5) is 0 Å². The summed E-state index contributed by atoms with van der Waals surface area (Å²) in [5.74, 6) is 3.97. The molecule has 3 aliphatic carbocycles. The molecular weight excluding hydrogens is 1550 g/mol. The molecule has 128 heavy (non-hydrogen) atoms. The predicted octanol–water partition coefficient (Wildman–Crippen LogP) is 30.6. The summed E-state index contributed by atoms with van der Waals surface area (Å²) >= 11 is 0. The molecule has 0 saturated heterocycles. The molecule has 3 aromatic heterocycles. The molecule has 22 rings (SSSR count). The van der Waals surface area contributed by atoms with Gasteiger partial charge in [0.15, 0.2) is 34.9 Å². The molecule has 0 bridgehead atoms. The molecule has 19 aromatic rings. The van der Waals surface area contributed by atoms with Gasteiger partial charge in [-0.15, -0.1) is 0 Å². The van der Waals surface area contributed by atoms with Crippen LogP contribution in [0.25, 0.3) is 179 Å². The lowest BCUT2D eigenvalue weighted by atomic mass is 9.55. The number of hydrogen-bond donors (Lipinski definition) is 0. The smallest absolute Gasteiger partial charge is 0.164 e. The lowest BCUT2D eigenvalue weighted by Gasteiger charge is -2.48. The SMILES string of the molecule is CC1(C)c2ccccc2-c2ccc(-c3ccccc3-c3cccc(-c4nc(-c5ccccc5)nc(-c5ccccc5)n4)c3)cc2C1(C)C.CC1(C)c2ccccc2-c2ccc(-c3ccccc3-c3nc(-c4ccccc4)nc(-c4ccccc4)n3)cc2C1(C)C.CC1(C)c2ccccc2-c2ccc(-c3nc4c(ccc5ccccc54)nc3-c3ccccc3)cc2C1(C)C. The van der Waals surface area contributed by atoms with Gasteiger partial charge in [-0.1, -0.05) is 441 Å². The fraction of sp³-hybridized carbons (Fsp3) is 0.150. The monoisotopic (exact) mass is 1650 g/mol. The van der Waals surface area contributed by atoms with Crippen LogP contribution in [-0.4, -0.2) is 39.9 Å². The van der Waals surface area contributed by atoms with E-state index in [1.165, 1.54) is 88.8 Å². The van der Waals surface area contributed by atoms with E-state index in [4.69, 9.17) is 39.9 Å². The Morgan fingerprint density at radius 2 is 0.430 bits per heavy atom. The van der Waals surface area contributed by atoms with E-state index in [9.17, 15) is 0 Å². The van der Waals surface area contributed by atoms with Crippen LogP contribution in [0.5, 0.6) is 0 Å². The van der Waals surface area contributed by atoms with E-state index in [1.807, 2.05) is 127 Å². The van der Waals surface area contributed by atoms with Crippen LogP contribution >= 0.6 is 0 Å². The van der Waals surface area contributed by atoms with Crippen molar-refractivity contribution in [3.05, 3.63) is 422 Å². The number of rotatable bonds is 11. The van der Waals surface area contributed by atoms with Crippen molar-refractivity contribution < 1.29 is 0 Å². The Morgan fingerprint density at radius 3 is 0.844 bits per heavy atom. The molecule has 0 fully saturated rings. The van der Waals surface area contributed by atoms with Crippen molar-refractivity contribution in [3.8, 4) is 158 Å². The molecule has 0 N–H and O–H groups in total. The van der Waals surface area contributed by atoms with Gasteiger partial charge in [0, 0.05) is 49.9 Å². The van der Waals surface area contributed by atoms with E-state index in [-0.39, 0.29) is 32.5 Å². The zero-order valence-electron chi connectivity index (χ0n) is 74.5. The summed E-state index contributed by atoms with van der Waals surface area (Å²) in [6.45, 7) is 28.6. The minimum atomic E-state index is -0.0736. The number of fused-ring (bicyclic) bond motifs is 12. The Hall–Kier alpha value is -14.9. The lowest BCUT2D eigenvalue weighted by Crippen LogP contribution is -2.43. The van der Waals surface area contributed by atoms with Crippen LogP contribution in [0.1, 0.15) is 116 Å². The van der Waals surface area contributed by atoms with Crippen molar-refractivity contribution >= 4 is 21.8 Å². The number of hydrogen-bond acceptors (Lipinski definition) is 8. The highest BCUT2D eigenvalue weighted by molar-refractivity contribution is 6.06. The van der Waals surface area contributed by atoms with Crippen molar-refractivity contribution in [1.82, 2.24) is 39.9 Å². The topological polar surface area (TPSA) is 103 Å². The highest BCUT2D eigenvalue weighted by Gasteiger charge is 2.49. The first-order valence-electron chi connectivity index (χ1n) is 44.5. The van der Waals surface area contributed by atoms with Gasteiger partial charge in [-0.05, 0) is 168 Å². The second kappa shape index (κ2) is 32.3. The molecule has 8 heteroatoms. The zero-order valence-corrected chi connectivity index (χ0v) is 74.5. The Kier molecular flexibility index (Phi) is 20.6. The summed E-state index contributed by atoms with van der Waals surface area (Å²) in [7, 11) is 0. The van der Waals surface area contributed by atoms with Crippen LogP contribution < -0.4 is 0 Å². The third kappa shape index (κ3) is 14.2. The van der Waals surface area contributed by atoms with Gasteiger partial charge in [0.2, 0.25) is 0 Å². The fourth-order valence-corrected chi connectivity index (χ4v) is 19.6. The predicted molar refractivity (Wildman–Crippen MR) is 531 cm³/mol. The summed E-state index contributed by atoms with van der Waals surface area (Å²) in [5.41, 5.74) is 34.7. The number of nitrogens with zero attached hydrogens (tertiary/aromatic N) is 8. The first-order chi connectivity index (χ1) is 62.0. The second-order valence-electron chi connectivity index (χ2n) is 37.4. The average Bonchev–Trinajstić information content (AvgIpc) is 0.715. The van der Waals surface area contributed by atoms with Crippen molar-refractivity contribution in [2.75, 3.05) is 0 Å². The van der Waals surface area contributed by atoms with E-state index in [1.54, 1.807) is 0 Å². The van der Waals surface area contributed by atoms with Crippen LogP contribution in [0, 0.1) is 0 Å². The third-order valence-corrected chi connectivity index (χ3v) is 28.9. The maximum Gasteiger partial charge on any atom is 0.164 e. The molecule has 16 aromatic carbocycles. The van der Waals surface area contributed by atoms with Gasteiger partial charge in [0.05, 0.1) is 22.4 Å². The average molecular weight is 1650 g/mol. The molecular formula is C120H100N8. The van der Waals surface area contributed by atoms with Gasteiger partial charge >= 0.3 is 0 Å². The fourth-order valence-electron chi connectivity index (χ4n) is 19.6. The van der Waals surface area contributed by atoms with E-state index < -0.39 is 0 Å². The maximum atomic E-state index is 5.36. The minimum absolute atomic E-state index is 0.0230. The molecule has 0 aliphatic heterocycles. The van der Waals surface area contributed by atoms with Gasteiger partial charge in [-0.2, -0.15) is 0 Å². The van der Waals surface area contributed by atoms with Crippen molar-refractivity contribution in [3.63, 3.8) is 0 Å². The van der Waals surface area contributed by atoms with Gasteiger partial charge < -0.3 is 0 Å². The van der Waals surface area contributed by atoms with Crippen LogP contribution in [0.3, 0.4) is 0 Å². The van der Waals surface area contributed by atoms with Crippen molar-refractivity contribution in [1.29, 1.82) is 0 Å². The van der Waals surface area contributed by atoms with Gasteiger partial charge in [-0.25, -0.2) is 39.9 Å². The summed E-state index contributed by atoms with van der Waals surface area (Å²) in [6, 6.07) is 137. The number of benzene rings is 16. The Labute approximate surface area is 751 Å². The van der Waals surface area contributed by atoms with E-state index in [2.05, 4.69) is 344 Å². The van der Waals surface area contributed by atoms with Crippen molar-refractivity contribution in [2.45, 2.75) is 116 Å². The Balaban J connectivity index is 0.000000121. The van der Waals surface area contributed by atoms with E-state index in [0.29, 0.717) is 34.9 Å². The van der Waals surface area contributed by atoms with Gasteiger partial charge in [-0.3, -0.25) is 0 Å². The molecule has 0 amide bonds. The first-order valence-corrected chi connectivity index (χ1v) is 44.5.